The van der Waals surface area contributed by atoms with E-state index in [0.29, 0.717) is 12.2 Å². The summed E-state index contributed by atoms with van der Waals surface area (Å²) in [6, 6.07) is 0. The van der Waals surface area contributed by atoms with Gasteiger partial charge in [-0.25, -0.2) is 8.42 Å². The van der Waals surface area contributed by atoms with E-state index < -0.39 is 9.84 Å². The van der Waals surface area contributed by atoms with Gasteiger partial charge in [-0.2, -0.15) is 5.10 Å². The predicted octanol–water partition coefficient (Wildman–Crippen LogP) is 1.50. The average Bonchev–Trinajstić information content (AvgIpc) is 2.66. The van der Waals surface area contributed by atoms with Crippen molar-refractivity contribution in [2.75, 3.05) is 18.1 Å². The summed E-state index contributed by atoms with van der Waals surface area (Å²) in [6.07, 6.45) is 5.06. The molecule has 0 spiro atoms. The zero-order chi connectivity index (χ0) is 12.7. The predicted molar refractivity (Wildman–Crippen MR) is 67.0 cm³/mol. The van der Waals surface area contributed by atoms with Crippen LogP contribution in [0.5, 0.6) is 5.75 Å². The number of aromatic nitrogens is 2. The van der Waals surface area contributed by atoms with Gasteiger partial charge in [-0.05, 0) is 12.8 Å². The maximum absolute atomic E-state index is 11.4. The molecule has 6 heteroatoms. The van der Waals surface area contributed by atoms with Crippen LogP contribution in [0.2, 0.25) is 0 Å². The first kappa shape index (κ1) is 14.0. The summed E-state index contributed by atoms with van der Waals surface area (Å²) in [7, 11) is -2.96. The van der Waals surface area contributed by atoms with Crippen LogP contribution in [-0.2, 0) is 16.4 Å². The second-order valence-electron chi connectivity index (χ2n) is 3.94. The summed E-state index contributed by atoms with van der Waals surface area (Å²) in [5.74, 6) is 0.927. The maximum Gasteiger partial charge on any atom is 0.157 e. The van der Waals surface area contributed by atoms with Gasteiger partial charge in [0.25, 0.3) is 0 Å². The summed E-state index contributed by atoms with van der Waals surface area (Å²) >= 11 is 0. The highest BCUT2D eigenvalue weighted by atomic mass is 32.2. The van der Waals surface area contributed by atoms with E-state index in [-0.39, 0.29) is 18.1 Å². The van der Waals surface area contributed by atoms with E-state index in [2.05, 4.69) is 12.0 Å². The Labute approximate surface area is 103 Å². The Hall–Kier alpha value is -1.04. The van der Waals surface area contributed by atoms with Crippen molar-refractivity contribution in [3.05, 3.63) is 12.4 Å². The monoisotopic (exact) mass is 260 g/mol. The molecule has 0 bridgehead atoms. The van der Waals surface area contributed by atoms with E-state index in [1.165, 1.54) is 0 Å². The van der Waals surface area contributed by atoms with Gasteiger partial charge in [0.1, 0.15) is 6.61 Å². The quantitative estimate of drug-likeness (QED) is 0.710. The lowest BCUT2D eigenvalue weighted by Gasteiger charge is -2.04. The fourth-order valence-electron chi connectivity index (χ4n) is 1.47. The number of hydrogen-bond donors (Lipinski definition) is 0. The number of hydrogen-bond acceptors (Lipinski definition) is 4. The molecule has 98 valence electrons. The maximum atomic E-state index is 11.4. The molecule has 0 fully saturated rings. The minimum absolute atomic E-state index is 0.0692. The molecule has 0 aromatic carbocycles. The largest absolute Gasteiger partial charge is 0.489 e. The highest BCUT2D eigenvalue weighted by Crippen LogP contribution is 2.08. The highest BCUT2D eigenvalue weighted by Gasteiger charge is 2.09. The third-order valence-corrected chi connectivity index (χ3v) is 4.06. The van der Waals surface area contributed by atoms with E-state index in [1.54, 1.807) is 17.1 Å². The van der Waals surface area contributed by atoms with Crippen molar-refractivity contribution in [1.82, 2.24) is 9.78 Å². The van der Waals surface area contributed by atoms with Gasteiger partial charge in [0.15, 0.2) is 15.6 Å². The SMILES string of the molecule is CCCn1cc(OCCS(=O)(=O)CCC)cn1. The Balaban J connectivity index is 2.35. The lowest BCUT2D eigenvalue weighted by molar-refractivity contribution is 0.340. The van der Waals surface area contributed by atoms with Crippen LogP contribution >= 0.6 is 0 Å². The summed E-state index contributed by atoms with van der Waals surface area (Å²) < 4.78 is 30.0. The molecule has 0 unspecified atom stereocenters. The third-order valence-electron chi connectivity index (χ3n) is 2.24. The average molecular weight is 260 g/mol. The topological polar surface area (TPSA) is 61.2 Å². The Morgan fingerprint density at radius 3 is 2.71 bits per heavy atom. The minimum Gasteiger partial charge on any atom is -0.489 e. The number of ether oxygens (including phenoxy) is 1. The second-order valence-corrected chi connectivity index (χ2v) is 6.24. The molecule has 0 aliphatic carbocycles. The van der Waals surface area contributed by atoms with E-state index >= 15 is 0 Å². The number of sulfone groups is 1. The van der Waals surface area contributed by atoms with Gasteiger partial charge in [-0.1, -0.05) is 13.8 Å². The first-order valence-corrected chi connectivity index (χ1v) is 7.75. The van der Waals surface area contributed by atoms with Crippen LogP contribution in [0, 0.1) is 0 Å². The molecule has 0 aliphatic rings. The van der Waals surface area contributed by atoms with Crippen molar-refractivity contribution in [3.63, 3.8) is 0 Å². The summed E-state index contributed by atoms with van der Waals surface area (Å²) in [4.78, 5) is 0. The van der Waals surface area contributed by atoms with Gasteiger partial charge in [-0.3, -0.25) is 4.68 Å². The summed E-state index contributed by atoms with van der Waals surface area (Å²) in [6.45, 7) is 4.96. The molecule has 0 saturated heterocycles. The molecule has 5 nitrogen and oxygen atoms in total. The molecule has 0 atom stereocenters. The molecule has 1 aromatic rings. The number of aryl methyl sites for hydroxylation is 1. The van der Waals surface area contributed by atoms with Gasteiger partial charge in [0, 0.05) is 6.54 Å². The molecule has 0 aliphatic heterocycles. The fourth-order valence-corrected chi connectivity index (χ4v) is 2.63. The molecule has 0 N–H and O–H groups in total. The van der Waals surface area contributed by atoms with Crippen molar-refractivity contribution in [1.29, 1.82) is 0 Å². The Morgan fingerprint density at radius 1 is 1.29 bits per heavy atom. The van der Waals surface area contributed by atoms with Crippen molar-refractivity contribution < 1.29 is 13.2 Å². The number of rotatable bonds is 8. The van der Waals surface area contributed by atoms with Crippen LogP contribution in [0.4, 0.5) is 0 Å². The van der Waals surface area contributed by atoms with Gasteiger partial charge >= 0.3 is 0 Å². The lowest BCUT2D eigenvalue weighted by atomic mass is 10.5. The standard InChI is InChI=1S/C11H20N2O3S/c1-3-5-13-10-11(9-12-13)16-6-8-17(14,15)7-4-2/h9-10H,3-8H2,1-2H3. The minimum atomic E-state index is -2.96. The van der Waals surface area contributed by atoms with Crippen molar-refractivity contribution in [2.45, 2.75) is 33.2 Å². The fraction of sp³-hybridized carbons (Fsp3) is 0.727. The molecule has 0 saturated carbocycles. The zero-order valence-corrected chi connectivity index (χ0v) is 11.2. The van der Waals surface area contributed by atoms with Crippen LogP contribution in [0.15, 0.2) is 12.4 Å². The first-order chi connectivity index (χ1) is 8.07. The van der Waals surface area contributed by atoms with Gasteiger partial charge in [0.2, 0.25) is 0 Å². The van der Waals surface area contributed by atoms with E-state index in [9.17, 15) is 8.42 Å². The van der Waals surface area contributed by atoms with Crippen molar-refractivity contribution >= 4 is 9.84 Å². The van der Waals surface area contributed by atoms with Crippen LogP contribution in [0.25, 0.3) is 0 Å². The number of nitrogens with zero attached hydrogens (tertiary/aromatic N) is 2. The Kier molecular flexibility index (Phi) is 5.47. The van der Waals surface area contributed by atoms with Crippen LogP contribution in [0.3, 0.4) is 0 Å². The smallest absolute Gasteiger partial charge is 0.157 e. The van der Waals surface area contributed by atoms with Crippen molar-refractivity contribution in [3.8, 4) is 5.75 Å². The molecular formula is C11H20N2O3S. The van der Waals surface area contributed by atoms with Gasteiger partial charge in [0.05, 0.1) is 23.9 Å². The highest BCUT2D eigenvalue weighted by molar-refractivity contribution is 7.91. The summed E-state index contributed by atoms with van der Waals surface area (Å²) in [5, 5.41) is 4.10. The Morgan fingerprint density at radius 2 is 2.06 bits per heavy atom. The lowest BCUT2D eigenvalue weighted by Crippen LogP contribution is -2.16. The zero-order valence-electron chi connectivity index (χ0n) is 10.4. The molecule has 0 radical (unpaired) electrons. The molecule has 1 rings (SSSR count). The van der Waals surface area contributed by atoms with Gasteiger partial charge in [-0.15, -0.1) is 0 Å². The third kappa shape index (κ3) is 5.21. The first-order valence-electron chi connectivity index (χ1n) is 5.93. The molecule has 17 heavy (non-hydrogen) atoms. The van der Waals surface area contributed by atoms with Crippen LogP contribution in [-0.4, -0.2) is 36.3 Å². The van der Waals surface area contributed by atoms with Gasteiger partial charge < -0.3 is 4.74 Å². The Bertz CT molecular complexity index is 426. The summed E-state index contributed by atoms with van der Waals surface area (Å²) in [5.41, 5.74) is 0. The van der Waals surface area contributed by atoms with Crippen LogP contribution < -0.4 is 4.74 Å². The van der Waals surface area contributed by atoms with E-state index in [4.69, 9.17) is 4.74 Å². The normalized spacial score (nSPS) is 11.6. The van der Waals surface area contributed by atoms with E-state index in [1.807, 2.05) is 6.92 Å². The molecular weight excluding hydrogens is 240 g/mol. The van der Waals surface area contributed by atoms with E-state index in [0.717, 1.165) is 13.0 Å². The second kappa shape index (κ2) is 6.64. The molecule has 1 aromatic heterocycles. The molecule has 1 heterocycles. The van der Waals surface area contributed by atoms with Crippen molar-refractivity contribution in [2.24, 2.45) is 0 Å². The van der Waals surface area contributed by atoms with Crippen LogP contribution in [0.1, 0.15) is 26.7 Å². The molecule has 0 amide bonds.